The smallest absolute Gasteiger partial charge is 0.269 e. The molecule has 0 aliphatic carbocycles. The summed E-state index contributed by atoms with van der Waals surface area (Å²) in [5.41, 5.74) is -1.50. The van der Waals surface area contributed by atoms with Crippen molar-refractivity contribution < 1.29 is 22.9 Å². The lowest BCUT2D eigenvalue weighted by atomic mass is 10.1. The van der Waals surface area contributed by atoms with Crippen LogP contribution in [0.1, 0.15) is 13.8 Å². The zero-order valence-electron chi connectivity index (χ0n) is 16.2. The van der Waals surface area contributed by atoms with Crippen molar-refractivity contribution in [3.63, 3.8) is 0 Å². The number of carbonyl (C=O) groups is 1. The van der Waals surface area contributed by atoms with Gasteiger partial charge in [0.1, 0.15) is 9.96 Å². The Labute approximate surface area is 186 Å². The van der Waals surface area contributed by atoms with Crippen LogP contribution in [-0.4, -0.2) is 29.8 Å². The van der Waals surface area contributed by atoms with Crippen molar-refractivity contribution in [2.75, 3.05) is 5.32 Å². The number of nitrogens with zero attached hydrogens (tertiary/aromatic N) is 2. The van der Waals surface area contributed by atoms with Crippen LogP contribution in [0.5, 0.6) is 5.75 Å². The maximum absolute atomic E-state index is 12.7. The quantitative estimate of drug-likeness (QED) is 0.392. The van der Waals surface area contributed by atoms with Gasteiger partial charge in [-0.1, -0.05) is 22.9 Å². The van der Waals surface area contributed by atoms with Crippen LogP contribution >= 0.6 is 22.9 Å². The predicted octanol–water partition coefficient (Wildman–Crippen LogP) is 4.33. The molecule has 162 valence electrons. The number of hydrogen-bond donors (Lipinski definition) is 1. The van der Waals surface area contributed by atoms with Crippen LogP contribution in [0.4, 0.5) is 10.8 Å². The van der Waals surface area contributed by atoms with Gasteiger partial charge in [-0.25, -0.2) is 13.4 Å². The Morgan fingerprint density at radius 2 is 1.77 bits per heavy atom. The number of nitrogens with one attached hydrogen (secondary N) is 1. The van der Waals surface area contributed by atoms with Crippen molar-refractivity contribution >= 4 is 49.5 Å². The molecule has 0 fully saturated rings. The minimum absolute atomic E-state index is 0.0678. The molecule has 1 heterocycles. The largest absolute Gasteiger partial charge is 0.478 e. The lowest BCUT2D eigenvalue weighted by Crippen LogP contribution is -2.42. The second kappa shape index (κ2) is 8.61. The molecule has 1 N–H and O–H groups in total. The van der Waals surface area contributed by atoms with E-state index in [1.165, 1.54) is 0 Å². The van der Waals surface area contributed by atoms with Gasteiger partial charge in [0.15, 0.2) is 10.7 Å². The van der Waals surface area contributed by atoms with Crippen molar-refractivity contribution in [3.05, 3.63) is 69.9 Å². The number of nitro benzene ring substituents is 1. The number of hydrogen-bond acceptors (Lipinski definition) is 8. The number of amides is 1. The highest BCUT2D eigenvalue weighted by molar-refractivity contribution is 7.93. The predicted molar refractivity (Wildman–Crippen MR) is 115 cm³/mol. The molecule has 0 spiro atoms. The van der Waals surface area contributed by atoms with Gasteiger partial charge in [0.2, 0.25) is 9.84 Å². The molecule has 0 atom stereocenters. The van der Waals surface area contributed by atoms with E-state index in [-0.39, 0.29) is 19.9 Å². The Bertz CT molecular complexity index is 1220. The standard InChI is InChI=1S/C19H16ClN3O6S2/c1-19(2,29-14-7-3-12(20)4-8-14)17(24)22-18-21-11-16(30-18)31(27,28)15-9-5-13(6-10-15)23(25)26/h3-11H,1-2H3,(H,21,22,24). The van der Waals surface area contributed by atoms with Crippen molar-refractivity contribution in [1.82, 2.24) is 4.98 Å². The van der Waals surface area contributed by atoms with Gasteiger partial charge in [-0.15, -0.1) is 0 Å². The Balaban J connectivity index is 1.74. The number of rotatable bonds is 7. The first kappa shape index (κ1) is 22.7. The van der Waals surface area contributed by atoms with E-state index >= 15 is 0 Å². The molecule has 12 heteroatoms. The molecule has 0 radical (unpaired) electrons. The van der Waals surface area contributed by atoms with Crippen molar-refractivity contribution in [3.8, 4) is 5.75 Å². The second-order valence-electron chi connectivity index (χ2n) is 6.76. The average molecular weight is 482 g/mol. The third kappa shape index (κ3) is 5.19. The fourth-order valence-electron chi connectivity index (χ4n) is 2.40. The topological polar surface area (TPSA) is 128 Å². The van der Waals surface area contributed by atoms with Gasteiger partial charge in [0.25, 0.3) is 11.6 Å². The van der Waals surface area contributed by atoms with E-state index in [0.717, 1.165) is 41.8 Å². The zero-order chi connectivity index (χ0) is 22.8. The molecular weight excluding hydrogens is 466 g/mol. The summed E-state index contributed by atoms with van der Waals surface area (Å²) in [4.78, 5) is 26.6. The summed E-state index contributed by atoms with van der Waals surface area (Å²) >= 11 is 6.60. The number of sulfone groups is 1. The van der Waals surface area contributed by atoms with E-state index in [2.05, 4.69) is 10.3 Å². The molecule has 31 heavy (non-hydrogen) atoms. The molecule has 3 aromatic rings. The Morgan fingerprint density at radius 3 is 2.35 bits per heavy atom. The molecule has 2 aromatic carbocycles. The highest BCUT2D eigenvalue weighted by Gasteiger charge is 2.31. The summed E-state index contributed by atoms with van der Waals surface area (Å²) in [6.45, 7) is 3.11. The van der Waals surface area contributed by atoms with E-state index < -0.39 is 26.3 Å². The lowest BCUT2D eigenvalue weighted by molar-refractivity contribution is -0.384. The molecule has 0 bridgehead atoms. The summed E-state index contributed by atoms with van der Waals surface area (Å²) < 4.78 is 31.0. The second-order valence-corrected chi connectivity index (χ2v) is 10.4. The van der Waals surface area contributed by atoms with Gasteiger partial charge < -0.3 is 4.74 Å². The minimum atomic E-state index is -3.95. The highest BCUT2D eigenvalue weighted by atomic mass is 35.5. The number of ether oxygens (including phenoxy) is 1. The van der Waals surface area contributed by atoms with Gasteiger partial charge in [-0.2, -0.15) is 0 Å². The van der Waals surface area contributed by atoms with E-state index in [9.17, 15) is 23.3 Å². The average Bonchev–Trinajstić information content (AvgIpc) is 3.19. The number of aromatic nitrogens is 1. The van der Waals surface area contributed by atoms with Gasteiger partial charge >= 0.3 is 0 Å². The normalized spacial score (nSPS) is 11.7. The van der Waals surface area contributed by atoms with E-state index in [4.69, 9.17) is 16.3 Å². The van der Waals surface area contributed by atoms with Crippen LogP contribution in [0.25, 0.3) is 0 Å². The van der Waals surface area contributed by atoms with Crippen LogP contribution in [-0.2, 0) is 14.6 Å². The summed E-state index contributed by atoms with van der Waals surface area (Å²) in [7, 11) is -3.95. The van der Waals surface area contributed by atoms with Gasteiger partial charge in [-0.05, 0) is 50.2 Å². The molecule has 9 nitrogen and oxygen atoms in total. The third-order valence-corrected chi connectivity index (χ3v) is 7.46. The monoisotopic (exact) mass is 481 g/mol. The molecule has 1 aromatic heterocycles. The number of halogens is 1. The Morgan fingerprint density at radius 1 is 1.16 bits per heavy atom. The van der Waals surface area contributed by atoms with Crippen LogP contribution in [0.15, 0.2) is 63.8 Å². The molecule has 0 saturated heterocycles. The van der Waals surface area contributed by atoms with E-state index in [1.54, 1.807) is 38.1 Å². The molecule has 3 rings (SSSR count). The van der Waals surface area contributed by atoms with Crippen molar-refractivity contribution in [2.45, 2.75) is 28.6 Å². The number of thiazole rings is 1. The fraction of sp³-hybridized carbons (Fsp3) is 0.158. The SMILES string of the molecule is CC(C)(Oc1ccc(Cl)cc1)C(=O)Nc1ncc(S(=O)(=O)c2ccc([N+](=O)[O-])cc2)s1. The van der Waals surface area contributed by atoms with E-state index in [1.807, 2.05) is 0 Å². The molecule has 0 aliphatic rings. The highest BCUT2D eigenvalue weighted by Crippen LogP contribution is 2.30. The first-order valence-electron chi connectivity index (χ1n) is 8.70. The van der Waals surface area contributed by atoms with Gasteiger partial charge in [0, 0.05) is 17.2 Å². The summed E-state index contributed by atoms with van der Waals surface area (Å²) in [6.07, 6.45) is 1.12. The molecular formula is C19H16ClN3O6S2. The number of anilines is 1. The van der Waals surface area contributed by atoms with Crippen LogP contribution in [0.3, 0.4) is 0 Å². The Hall–Kier alpha value is -3.02. The summed E-state index contributed by atoms with van der Waals surface area (Å²) in [6, 6.07) is 11.0. The first-order chi connectivity index (χ1) is 14.5. The minimum Gasteiger partial charge on any atom is -0.478 e. The van der Waals surface area contributed by atoms with Crippen LogP contribution in [0.2, 0.25) is 5.02 Å². The van der Waals surface area contributed by atoms with Gasteiger partial charge in [-0.3, -0.25) is 20.2 Å². The fourth-order valence-corrected chi connectivity index (χ4v) is 4.95. The Kier molecular flexibility index (Phi) is 6.30. The number of nitro groups is 1. The third-order valence-electron chi connectivity index (χ3n) is 4.06. The van der Waals surface area contributed by atoms with Crippen LogP contribution < -0.4 is 10.1 Å². The van der Waals surface area contributed by atoms with E-state index in [0.29, 0.717) is 10.8 Å². The van der Waals surface area contributed by atoms with Crippen LogP contribution in [0, 0.1) is 10.1 Å². The molecule has 0 unspecified atom stereocenters. The van der Waals surface area contributed by atoms with Gasteiger partial charge in [0.05, 0.1) is 16.0 Å². The first-order valence-corrected chi connectivity index (χ1v) is 11.4. The number of benzene rings is 2. The van der Waals surface area contributed by atoms with Crippen molar-refractivity contribution in [2.24, 2.45) is 0 Å². The molecule has 0 saturated carbocycles. The lowest BCUT2D eigenvalue weighted by Gasteiger charge is -2.24. The summed E-state index contributed by atoms with van der Waals surface area (Å²) in [5.74, 6) is -0.0961. The molecule has 0 aliphatic heterocycles. The zero-order valence-corrected chi connectivity index (χ0v) is 18.6. The maximum Gasteiger partial charge on any atom is 0.269 e. The van der Waals surface area contributed by atoms with Crippen molar-refractivity contribution in [1.29, 1.82) is 0 Å². The number of carbonyl (C=O) groups excluding carboxylic acids is 1. The number of non-ortho nitro benzene ring substituents is 1. The summed E-state index contributed by atoms with van der Waals surface area (Å²) in [5, 5.41) is 13.9. The maximum atomic E-state index is 12.7. The molecule has 1 amide bonds.